The summed E-state index contributed by atoms with van der Waals surface area (Å²) in [6.45, 7) is 3.17. The molecule has 0 aromatic heterocycles. The summed E-state index contributed by atoms with van der Waals surface area (Å²) in [5.41, 5.74) is 3.65. The van der Waals surface area contributed by atoms with E-state index in [9.17, 15) is 9.59 Å². The van der Waals surface area contributed by atoms with Gasteiger partial charge in [-0.2, -0.15) is 0 Å². The summed E-state index contributed by atoms with van der Waals surface area (Å²) >= 11 is 0. The highest BCUT2D eigenvalue weighted by Crippen LogP contribution is 2.27. The van der Waals surface area contributed by atoms with Crippen molar-refractivity contribution in [1.82, 2.24) is 10.6 Å². The van der Waals surface area contributed by atoms with Crippen LogP contribution in [0.5, 0.6) is 0 Å². The number of imide groups is 1. The number of carbonyl (C=O) groups is 2. The number of hydrogen-bond acceptors (Lipinski definition) is 3. The highest BCUT2D eigenvalue weighted by atomic mass is 16.2. The van der Waals surface area contributed by atoms with Crippen molar-refractivity contribution in [2.24, 2.45) is 0 Å². The Kier molecular flexibility index (Phi) is 4.84. The molecule has 3 amide bonds. The number of rotatable bonds is 3. The van der Waals surface area contributed by atoms with Crippen molar-refractivity contribution in [1.29, 1.82) is 0 Å². The Morgan fingerprint density at radius 2 is 2.00 bits per heavy atom. The molecule has 0 bridgehead atoms. The molecule has 0 saturated heterocycles. The molecule has 1 aromatic rings. The number of nitrogens with zero attached hydrogens (tertiary/aromatic N) is 1. The van der Waals surface area contributed by atoms with Gasteiger partial charge in [0.05, 0.1) is 6.54 Å². The number of aryl methyl sites for hydroxylation is 2. The molecule has 0 radical (unpaired) electrons. The number of nitrogens with one attached hydrogen (secondary N) is 2. The second kappa shape index (κ2) is 7.02. The van der Waals surface area contributed by atoms with Gasteiger partial charge < -0.3 is 10.2 Å². The Balaban J connectivity index is 1.55. The summed E-state index contributed by atoms with van der Waals surface area (Å²) in [6, 6.07) is 6.20. The van der Waals surface area contributed by atoms with E-state index >= 15 is 0 Å². The molecule has 5 heteroatoms. The maximum absolute atomic E-state index is 12.2. The molecule has 0 spiro atoms. The fourth-order valence-electron chi connectivity index (χ4n) is 3.60. The van der Waals surface area contributed by atoms with Gasteiger partial charge in [0, 0.05) is 18.3 Å². The molecule has 124 valence electrons. The Morgan fingerprint density at radius 3 is 2.78 bits per heavy atom. The topological polar surface area (TPSA) is 61.4 Å². The van der Waals surface area contributed by atoms with E-state index in [1.54, 1.807) is 0 Å². The number of anilines is 1. The number of hydrogen-bond donors (Lipinski definition) is 2. The van der Waals surface area contributed by atoms with Crippen molar-refractivity contribution in [2.45, 2.75) is 51.5 Å². The van der Waals surface area contributed by atoms with Gasteiger partial charge in [-0.15, -0.1) is 0 Å². The van der Waals surface area contributed by atoms with Crippen LogP contribution < -0.4 is 15.5 Å². The highest BCUT2D eigenvalue weighted by Gasteiger charge is 2.21. The van der Waals surface area contributed by atoms with Crippen molar-refractivity contribution in [3.63, 3.8) is 0 Å². The summed E-state index contributed by atoms with van der Waals surface area (Å²) in [6.07, 6.45) is 6.43. The van der Waals surface area contributed by atoms with Gasteiger partial charge in [0.1, 0.15) is 0 Å². The molecular weight excluding hydrogens is 290 g/mol. The second-order valence-electron chi connectivity index (χ2n) is 6.66. The van der Waals surface area contributed by atoms with Crippen molar-refractivity contribution in [2.75, 3.05) is 18.0 Å². The predicted octanol–water partition coefficient (Wildman–Crippen LogP) is 2.52. The van der Waals surface area contributed by atoms with Gasteiger partial charge in [0.15, 0.2) is 0 Å². The smallest absolute Gasteiger partial charge is 0.321 e. The minimum Gasteiger partial charge on any atom is -0.362 e. The van der Waals surface area contributed by atoms with Crippen LogP contribution in [0.1, 0.15) is 43.2 Å². The van der Waals surface area contributed by atoms with Crippen molar-refractivity contribution < 1.29 is 9.59 Å². The first-order valence-electron chi connectivity index (χ1n) is 8.56. The maximum atomic E-state index is 12.2. The Labute approximate surface area is 137 Å². The molecule has 2 aliphatic rings. The fourth-order valence-corrected chi connectivity index (χ4v) is 3.60. The standard InChI is InChI=1S/C18H25N3O2/c1-13-8-9-16-14(11-13)5-4-10-21(16)12-17(22)20-18(23)19-15-6-2-3-7-15/h8-9,11,15H,2-7,10,12H2,1H3,(H2,19,20,22,23). The molecule has 1 heterocycles. The summed E-state index contributed by atoms with van der Waals surface area (Å²) in [5, 5.41) is 5.35. The summed E-state index contributed by atoms with van der Waals surface area (Å²) in [4.78, 5) is 26.1. The van der Waals surface area contributed by atoms with Crippen LogP contribution in [0, 0.1) is 6.92 Å². The molecule has 0 atom stereocenters. The van der Waals surface area contributed by atoms with E-state index in [0.29, 0.717) is 0 Å². The van der Waals surface area contributed by atoms with Crippen LogP contribution >= 0.6 is 0 Å². The Bertz CT molecular complexity index is 594. The van der Waals surface area contributed by atoms with Crippen LogP contribution in [0.15, 0.2) is 18.2 Å². The van der Waals surface area contributed by atoms with Crippen LogP contribution in [0.25, 0.3) is 0 Å². The summed E-state index contributed by atoms with van der Waals surface area (Å²) in [5.74, 6) is -0.242. The molecule has 5 nitrogen and oxygen atoms in total. The first-order chi connectivity index (χ1) is 11.1. The van der Waals surface area contributed by atoms with E-state index in [1.807, 2.05) is 0 Å². The summed E-state index contributed by atoms with van der Waals surface area (Å²) in [7, 11) is 0. The monoisotopic (exact) mass is 315 g/mol. The lowest BCUT2D eigenvalue weighted by Crippen LogP contribution is -2.47. The van der Waals surface area contributed by atoms with E-state index < -0.39 is 0 Å². The third-order valence-corrected chi connectivity index (χ3v) is 4.73. The number of benzene rings is 1. The molecule has 1 saturated carbocycles. The molecule has 1 aliphatic carbocycles. The third-order valence-electron chi connectivity index (χ3n) is 4.73. The van der Waals surface area contributed by atoms with Gasteiger partial charge in [-0.25, -0.2) is 4.79 Å². The lowest BCUT2D eigenvalue weighted by Gasteiger charge is -2.31. The van der Waals surface area contributed by atoms with Crippen LogP contribution in [-0.4, -0.2) is 31.1 Å². The third kappa shape index (κ3) is 4.03. The molecule has 1 aliphatic heterocycles. The number of urea groups is 1. The Morgan fingerprint density at radius 1 is 1.22 bits per heavy atom. The SMILES string of the molecule is Cc1ccc2c(c1)CCCN2CC(=O)NC(=O)NC1CCCC1. The van der Waals surface area contributed by atoms with Crippen molar-refractivity contribution >= 4 is 17.6 Å². The normalized spacial score (nSPS) is 17.7. The first kappa shape index (κ1) is 15.8. The lowest BCUT2D eigenvalue weighted by molar-refractivity contribution is -0.118. The quantitative estimate of drug-likeness (QED) is 0.901. The van der Waals surface area contributed by atoms with Gasteiger partial charge in [-0.1, -0.05) is 30.5 Å². The molecule has 1 aromatic carbocycles. The van der Waals surface area contributed by atoms with Crippen LogP contribution in [0.4, 0.5) is 10.5 Å². The predicted molar refractivity (Wildman–Crippen MR) is 90.6 cm³/mol. The average molecular weight is 315 g/mol. The van der Waals surface area contributed by atoms with E-state index in [0.717, 1.165) is 50.8 Å². The zero-order chi connectivity index (χ0) is 16.2. The molecule has 0 unspecified atom stereocenters. The average Bonchev–Trinajstić information content (AvgIpc) is 2.99. The molecule has 2 N–H and O–H groups in total. The van der Waals surface area contributed by atoms with Crippen molar-refractivity contribution in [3.05, 3.63) is 29.3 Å². The first-order valence-corrected chi connectivity index (χ1v) is 8.56. The minimum atomic E-state index is -0.358. The van der Waals surface area contributed by atoms with Crippen LogP contribution in [-0.2, 0) is 11.2 Å². The second-order valence-corrected chi connectivity index (χ2v) is 6.66. The number of fused-ring (bicyclic) bond motifs is 1. The van der Waals surface area contributed by atoms with Gasteiger partial charge in [-0.05, 0) is 44.2 Å². The van der Waals surface area contributed by atoms with Crippen LogP contribution in [0.2, 0.25) is 0 Å². The van der Waals surface area contributed by atoms with Gasteiger partial charge in [-0.3, -0.25) is 10.1 Å². The van der Waals surface area contributed by atoms with E-state index in [-0.39, 0.29) is 24.5 Å². The van der Waals surface area contributed by atoms with Crippen LogP contribution in [0.3, 0.4) is 0 Å². The van der Waals surface area contributed by atoms with E-state index in [1.165, 1.54) is 11.1 Å². The number of amides is 3. The fraction of sp³-hybridized carbons (Fsp3) is 0.556. The zero-order valence-corrected chi connectivity index (χ0v) is 13.7. The highest BCUT2D eigenvalue weighted by molar-refractivity contribution is 5.96. The molecule has 1 fully saturated rings. The molecule has 23 heavy (non-hydrogen) atoms. The van der Waals surface area contributed by atoms with Gasteiger partial charge in [0.2, 0.25) is 5.91 Å². The zero-order valence-electron chi connectivity index (χ0n) is 13.7. The molecule has 3 rings (SSSR count). The largest absolute Gasteiger partial charge is 0.362 e. The maximum Gasteiger partial charge on any atom is 0.321 e. The lowest BCUT2D eigenvalue weighted by atomic mass is 9.99. The Hall–Kier alpha value is -2.04. The minimum absolute atomic E-state index is 0.224. The van der Waals surface area contributed by atoms with E-state index in [2.05, 4.69) is 40.7 Å². The summed E-state index contributed by atoms with van der Waals surface area (Å²) < 4.78 is 0. The number of carbonyl (C=O) groups excluding carboxylic acids is 2. The van der Waals surface area contributed by atoms with Crippen molar-refractivity contribution in [3.8, 4) is 0 Å². The van der Waals surface area contributed by atoms with Gasteiger partial charge >= 0.3 is 6.03 Å². The van der Waals surface area contributed by atoms with E-state index in [4.69, 9.17) is 0 Å². The van der Waals surface area contributed by atoms with Gasteiger partial charge in [0.25, 0.3) is 0 Å². The molecular formula is C18H25N3O2.